The van der Waals surface area contributed by atoms with Crippen molar-refractivity contribution in [2.45, 2.75) is 70.7 Å². The summed E-state index contributed by atoms with van der Waals surface area (Å²) in [5.41, 5.74) is 0.510. The van der Waals surface area contributed by atoms with Gasteiger partial charge in [-0.3, -0.25) is 4.68 Å². The number of carbonyl (C=O) groups excluding carboxylic acids is 1. The summed E-state index contributed by atoms with van der Waals surface area (Å²) in [4.78, 5) is 11.8. The molecule has 1 aliphatic rings. The predicted molar refractivity (Wildman–Crippen MR) is 83.3 cm³/mol. The van der Waals surface area contributed by atoms with Gasteiger partial charge >= 0.3 is 6.09 Å². The van der Waals surface area contributed by atoms with E-state index in [9.17, 15) is 4.79 Å². The molecule has 0 unspecified atom stereocenters. The van der Waals surface area contributed by atoms with E-state index < -0.39 is 5.60 Å². The molecule has 2 N–H and O–H groups in total. The van der Waals surface area contributed by atoms with E-state index in [2.05, 4.69) is 20.9 Å². The highest BCUT2D eigenvalue weighted by molar-refractivity contribution is 5.68. The second-order valence-corrected chi connectivity index (χ2v) is 6.96. The molecule has 1 heterocycles. The van der Waals surface area contributed by atoms with Crippen molar-refractivity contribution in [3.05, 3.63) is 11.9 Å². The van der Waals surface area contributed by atoms with Crippen LogP contribution in [-0.4, -0.2) is 38.8 Å². The predicted octanol–water partition coefficient (Wildman–Crippen LogP) is 1.74. The third-order valence-electron chi connectivity index (χ3n) is 3.67. The van der Waals surface area contributed by atoms with Crippen LogP contribution in [0.25, 0.3) is 0 Å². The number of alkyl carbamates (subject to hydrolysis) is 1. The van der Waals surface area contributed by atoms with Gasteiger partial charge in [0.15, 0.2) is 0 Å². The van der Waals surface area contributed by atoms with Gasteiger partial charge in [0.05, 0.1) is 5.69 Å². The number of ether oxygens (including phenoxy) is 1. The van der Waals surface area contributed by atoms with E-state index in [0.717, 1.165) is 37.9 Å². The van der Waals surface area contributed by atoms with Gasteiger partial charge in [-0.15, -0.1) is 5.10 Å². The molecule has 7 nitrogen and oxygen atoms in total. The van der Waals surface area contributed by atoms with Crippen molar-refractivity contribution in [3.63, 3.8) is 0 Å². The van der Waals surface area contributed by atoms with Gasteiger partial charge in [-0.05, 0) is 46.5 Å². The molecule has 22 heavy (non-hydrogen) atoms. The molecule has 1 aromatic heterocycles. The van der Waals surface area contributed by atoms with Crippen LogP contribution < -0.4 is 10.6 Å². The Morgan fingerprint density at radius 3 is 2.50 bits per heavy atom. The molecule has 1 aliphatic carbocycles. The van der Waals surface area contributed by atoms with Crippen molar-refractivity contribution in [2.24, 2.45) is 7.05 Å². The Morgan fingerprint density at radius 1 is 1.32 bits per heavy atom. The Kier molecular flexibility index (Phi) is 5.39. The van der Waals surface area contributed by atoms with Crippen LogP contribution in [0.2, 0.25) is 0 Å². The molecule has 0 saturated heterocycles. The molecule has 0 bridgehead atoms. The molecule has 0 radical (unpaired) electrons. The molecule has 0 spiro atoms. The topological polar surface area (TPSA) is 81.1 Å². The quantitative estimate of drug-likeness (QED) is 0.885. The number of hydrogen-bond donors (Lipinski definition) is 2. The lowest BCUT2D eigenvalue weighted by molar-refractivity contribution is 0.0489. The molecule has 124 valence electrons. The van der Waals surface area contributed by atoms with E-state index >= 15 is 0 Å². The van der Waals surface area contributed by atoms with Crippen molar-refractivity contribution in [1.82, 2.24) is 25.6 Å². The summed E-state index contributed by atoms with van der Waals surface area (Å²) < 4.78 is 7.00. The van der Waals surface area contributed by atoms with Crippen LogP contribution in [0.15, 0.2) is 6.20 Å². The number of carbonyl (C=O) groups is 1. The fraction of sp³-hybridized carbons (Fsp3) is 0.800. The third kappa shape index (κ3) is 5.63. The first-order valence-electron chi connectivity index (χ1n) is 7.90. The van der Waals surface area contributed by atoms with Crippen LogP contribution in [0.3, 0.4) is 0 Å². The number of nitrogens with one attached hydrogen (secondary N) is 2. The Labute approximate surface area is 131 Å². The molecular weight excluding hydrogens is 282 g/mol. The lowest BCUT2D eigenvalue weighted by Gasteiger charge is -2.30. The minimum atomic E-state index is -0.445. The van der Waals surface area contributed by atoms with Gasteiger partial charge < -0.3 is 15.4 Å². The fourth-order valence-corrected chi connectivity index (χ4v) is 2.64. The zero-order chi connectivity index (χ0) is 16.2. The van der Waals surface area contributed by atoms with E-state index in [1.54, 1.807) is 4.68 Å². The molecule has 1 amide bonds. The smallest absolute Gasteiger partial charge is 0.407 e. The molecule has 0 aliphatic heterocycles. The number of amides is 1. The highest BCUT2D eigenvalue weighted by Gasteiger charge is 2.24. The van der Waals surface area contributed by atoms with Crippen molar-refractivity contribution >= 4 is 6.09 Å². The van der Waals surface area contributed by atoms with Gasteiger partial charge in [-0.1, -0.05) is 5.21 Å². The maximum Gasteiger partial charge on any atom is 0.407 e. The summed E-state index contributed by atoms with van der Waals surface area (Å²) in [5, 5.41) is 14.4. The van der Waals surface area contributed by atoms with Crippen molar-refractivity contribution in [2.75, 3.05) is 0 Å². The van der Waals surface area contributed by atoms with Crippen LogP contribution in [0, 0.1) is 0 Å². The molecule has 0 atom stereocenters. The first-order chi connectivity index (χ1) is 10.3. The molecule has 1 saturated carbocycles. The van der Waals surface area contributed by atoms with Gasteiger partial charge in [0.1, 0.15) is 5.60 Å². The van der Waals surface area contributed by atoms with E-state index in [0.29, 0.717) is 6.04 Å². The summed E-state index contributed by atoms with van der Waals surface area (Å²) in [5.74, 6) is 0. The van der Waals surface area contributed by atoms with E-state index in [1.807, 2.05) is 34.0 Å². The Morgan fingerprint density at radius 2 is 1.95 bits per heavy atom. The summed E-state index contributed by atoms with van der Waals surface area (Å²) >= 11 is 0. The Bertz CT molecular complexity index is 486. The van der Waals surface area contributed by atoms with Crippen LogP contribution in [0.4, 0.5) is 4.79 Å². The molecule has 0 aromatic carbocycles. The zero-order valence-electron chi connectivity index (χ0n) is 13.9. The summed E-state index contributed by atoms with van der Waals surface area (Å²) in [6.45, 7) is 6.36. The molecule has 1 fully saturated rings. The van der Waals surface area contributed by atoms with E-state index in [1.165, 1.54) is 0 Å². The van der Waals surface area contributed by atoms with Crippen LogP contribution in [0.1, 0.15) is 52.1 Å². The monoisotopic (exact) mass is 309 g/mol. The Hall–Kier alpha value is -1.63. The van der Waals surface area contributed by atoms with Gasteiger partial charge in [-0.25, -0.2) is 4.79 Å². The summed E-state index contributed by atoms with van der Waals surface area (Å²) in [7, 11) is 1.87. The van der Waals surface area contributed by atoms with Crippen LogP contribution >= 0.6 is 0 Å². The second kappa shape index (κ2) is 7.09. The fourth-order valence-electron chi connectivity index (χ4n) is 2.64. The van der Waals surface area contributed by atoms with Crippen LogP contribution in [0.5, 0.6) is 0 Å². The van der Waals surface area contributed by atoms with Gasteiger partial charge in [0.2, 0.25) is 0 Å². The first kappa shape index (κ1) is 16.7. The van der Waals surface area contributed by atoms with E-state index in [-0.39, 0.29) is 12.1 Å². The molecule has 2 rings (SSSR count). The number of hydrogen-bond acceptors (Lipinski definition) is 5. The average Bonchev–Trinajstić information content (AvgIpc) is 2.81. The zero-order valence-corrected chi connectivity index (χ0v) is 13.9. The highest BCUT2D eigenvalue weighted by atomic mass is 16.6. The highest BCUT2D eigenvalue weighted by Crippen LogP contribution is 2.19. The summed E-state index contributed by atoms with van der Waals surface area (Å²) in [6.07, 6.45) is 5.63. The largest absolute Gasteiger partial charge is 0.444 e. The van der Waals surface area contributed by atoms with Crippen molar-refractivity contribution < 1.29 is 9.53 Å². The van der Waals surface area contributed by atoms with Crippen molar-refractivity contribution in [1.29, 1.82) is 0 Å². The van der Waals surface area contributed by atoms with Gasteiger partial charge in [-0.2, -0.15) is 0 Å². The van der Waals surface area contributed by atoms with Crippen molar-refractivity contribution in [3.8, 4) is 0 Å². The lowest BCUT2D eigenvalue weighted by atomic mass is 9.91. The third-order valence-corrected chi connectivity index (χ3v) is 3.67. The second-order valence-electron chi connectivity index (χ2n) is 6.96. The van der Waals surface area contributed by atoms with Gasteiger partial charge in [0.25, 0.3) is 0 Å². The number of aromatic nitrogens is 3. The normalized spacial score (nSPS) is 22.4. The average molecular weight is 309 g/mol. The SMILES string of the molecule is Cn1cc(CNC2CCC(NC(=O)OC(C)(C)C)CC2)nn1. The first-order valence-corrected chi connectivity index (χ1v) is 7.90. The molecule has 1 aromatic rings. The minimum Gasteiger partial charge on any atom is -0.444 e. The van der Waals surface area contributed by atoms with Gasteiger partial charge in [0, 0.05) is 31.9 Å². The molecule has 7 heteroatoms. The summed E-state index contributed by atoms with van der Waals surface area (Å²) in [6, 6.07) is 0.683. The number of nitrogens with zero attached hydrogens (tertiary/aromatic N) is 3. The maximum absolute atomic E-state index is 11.8. The van der Waals surface area contributed by atoms with E-state index in [4.69, 9.17) is 4.74 Å². The number of aryl methyl sites for hydroxylation is 1. The number of rotatable bonds is 4. The molecular formula is C15H27N5O2. The van der Waals surface area contributed by atoms with Crippen LogP contribution in [-0.2, 0) is 18.3 Å². The maximum atomic E-state index is 11.8. The Balaban J connectivity index is 1.66. The minimum absolute atomic E-state index is 0.212. The lowest BCUT2D eigenvalue weighted by Crippen LogP contribution is -2.43. The standard InChI is InChI=1S/C15H27N5O2/c1-15(2,3)22-14(21)17-12-7-5-11(6-8-12)16-9-13-10-20(4)19-18-13/h10-12,16H,5-9H2,1-4H3,(H,17,21).